The molecule has 0 bridgehead atoms. The molecule has 19 heavy (non-hydrogen) atoms. The van der Waals surface area contributed by atoms with Gasteiger partial charge in [0.25, 0.3) is 0 Å². The third-order valence-corrected chi connectivity index (χ3v) is 2.52. The zero-order valence-electron chi connectivity index (χ0n) is 10.9. The number of amides is 2. The van der Waals surface area contributed by atoms with E-state index in [-0.39, 0.29) is 18.9 Å². The first-order valence-electron chi connectivity index (χ1n) is 6.10. The summed E-state index contributed by atoms with van der Waals surface area (Å²) in [5.41, 5.74) is 11.3. The Kier molecular flexibility index (Phi) is 5.81. The van der Waals surface area contributed by atoms with Crippen LogP contribution in [-0.2, 0) is 9.59 Å². The molecule has 0 saturated heterocycles. The summed E-state index contributed by atoms with van der Waals surface area (Å²) in [4.78, 5) is 22.1. The molecule has 1 rings (SSSR count). The smallest absolute Gasteiger partial charge is 0.241 e. The van der Waals surface area contributed by atoms with Gasteiger partial charge in [0.1, 0.15) is 5.75 Å². The molecule has 1 aromatic rings. The summed E-state index contributed by atoms with van der Waals surface area (Å²) in [6, 6.07) is 6.31. The summed E-state index contributed by atoms with van der Waals surface area (Å²) in [6.07, 6.45) is 0.754. The largest absolute Gasteiger partial charge is 0.493 e. The van der Waals surface area contributed by atoms with E-state index in [0.29, 0.717) is 17.9 Å². The van der Waals surface area contributed by atoms with Crippen molar-refractivity contribution in [2.45, 2.75) is 25.8 Å². The molecule has 2 amide bonds. The third kappa shape index (κ3) is 5.39. The number of hydrogen-bond acceptors (Lipinski definition) is 4. The average molecular weight is 265 g/mol. The van der Waals surface area contributed by atoms with E-state index in [9.17, 15) is 9.59 Å². The normalized spacial score (nSPS) is 11.7. The molecule has 0 saturated carbocycles. The van der Waals surface area contributed by atoms with Crippen LogP contribution in [0.3, 0.4) is 0 Å². The molecule has 0 heterocycles. The van der Waals surface area contributed by atoms with Crippen LogP contribution < -0.4 is 21.5 Å². The molecular weight excluding hydrogens is 246 g/mol. The molecule has 1 aromatic carbocycles. The van der Waals surface area contributed by atoms with Gasteiger partial charge in [-0.3, -0.25) is 9.59 Å². The van der Waals surface area contributed by atoms with Crippen LogP contribution in [-0.4, -0.2) is 24.5 Å². The monoisotopic (exact) mass is 265 g/mol. The fourth-order valence-corrected chi connectivity index (χ4v) is 1.32. The van der Waals surface area contributed by atoms with Gasteiger partial charge in [-0.25, -0.2) is 0 Å². The lowest BCUT2D eigenvalue weighted by molar-refractivity contribution is -0.118. The van der Waals surface area contributed by atoms with Crippen LogP contribution in [0.1, 0.15) is 19.8 Å². The fraction of sp³-hybridized carbons (Fsp3) is 0.385. The lowest BCUT2D eigenvalue weighted by atomic mass is 10.2. The van der Waals surface area contributed by atoms with Crippen LogP contribution in [0.5, 0.6) is 5.75 Å². The van der Waals surface area contributed by atoms with Crippen LogP contribution in [0.4, 0.5) is 5.69 Å². The zero-order valence-corrected chi connectivity index (χ0v) is 10.9. The summed E-state index contributed by atoms with van der Waals surface area (Å²) in [5.74, 6) is -0.0126. The number of primary amides is 1. The van der Waals surface area contributed by atoms with Crippen molar-refractivity contribution in [3.05, 3.63) is 24.3 Å². The Balaban J connectivity index is 2.47. The Morgan fingerprint density at radius 3 is 2.47 bits per heavy atom. The van der Waals surface area contributed by atoms with Crippen LogP contribution in [0, 0.1) is 0 Å². The van der Waals surface area contributed by atoms with Crippen molar-refractivity contribution >= 4 is 17.5 Å². The van der Waals surface area contributed by atoms with Crippen LogP contribution in [0.25, 0.3) is 0 Å². The summed E-state index contributed by atoms with van der Waals surface area (Å²) < 4.78 is 5.31. The van der Waals surface area contributed by atoms with E-state index < -0.39 is 11.9 Å². The number of hydrogen-bond donors (Lipinski definition) is 3. The van der Waals surface area contributed by atoms with Crippen LogP contribution >= 0.6 is 0 Å². The summed E-state index contributed by atoms with van der Waals surface area (Å²) in [7, 11) is 0. The number of nitrogens with one attached hydrogen (secondary N) is 1. The third-order valence-electron chi connectivity index (χ3n) is 2.52. The van der Waals surface area contributed by atoms with Gasteiger partial charge < -0.3 is 21.5 Å². The van der Waals surface area contributed by atoms with Gasteiger partial charge in [0.05, 0.1) is 19.1 Å². The molecule has 0 aliphatic heterocycles. The van der Waals surface area contributed by atoms with Crippen LogP contribution in [0.15, 0.2) is 24.3 Å². The van der Waals surface area contributed by atoms with E-state index in [1.807, 2.05) is 6.92 Å². The lowest BCUT2D eigenvalue weighted by Crippen LogP contribution is -2.34. The Labute approximate surface area is 112 Å². The molecule has 0 radical (unpaired) electrons. The number of ether oxygens (including phenoxy) is 1. The Morgan fingerprint density at radius 2 is 1.95 bits per heavy atom. The highest BCUT2D eigenvalue weighted by molar-refractivity contribution is 5.94. The molecule has 6 nitrogen and oxygen atoms in total. The van der Waals surface area contributed by atoms with Crippen molar-refractivity contribution in [2.24, 2.45) is 11.5 Å². The predicted octanol–water partition coefficient (Wildman–Crippen LogP) is 0.617. The minimum atomic E-state index is -0.508. The number of anilines is 1. The maximum absolute atomic E-state index is 11.6. The van der Waals surface area contributed by atoms with Crippen molar-refractivity contribution in [3.63, 3.8) is 0 Å². The molecule has 104 valence electrons. The van der Waals surface area contributed by atoms with Gasteiger partial charge in [0, 0.05) is 5.69 Å². The fourth-order valence-electron chi connectivity index (χ4n) is 1.32. The van der Waals surface area contributed by atoms with Gasteiger partial charge in [-0.15, -0.1) is 0 Å². The molecule has 1 atom stereocenters. The molecule has 0 aliphatic rings. The van der Waals surface area contributed by atoms with E-state index in [0.717, 1.165) is 0 Å². The predicted molar refractivity (Wildman–Crippen MR) is 72.6 cm³/mol. The molecule has 0 aliphatic carbocycles. The highest BCUT2D eigenvalue weighted by Crippen LogP contribution is 2.16. The number of benzene rings is 1. The number of carbonyl (C=O) groups is 2. The maximum atomic E-state index is 11.6. The van der Waals surface area contributed by atoms with Gasteiger partial charge in [0.15, 0.2) is 0 Å². The standard InChI is InChI=1S/C13H19N3O3/c1-2-11(14)13(18)16-9-3-5-10(6-4-9)19-8-7-12(15)17/h3-6,11H,2,7-8,14H2,1H3,(H2,15,17)(H,16,18)/t11-/m0/s1. The van der Waals surface area contributed by atoms with Gasteiger partial charge >= 0.3 is 0 Å². The molecule has 0 unspecified atom stereocenters. The van der Waals surface area contributed by atoms with E-state index in [1.54, 1.807) is 24.3 Å². The Bertz CT molecular complexity index is 431. The summed E-state index contributed by atoms with van der Waals surface area (Å²) >= 11 is 0. The second kappa shape index (κ2) is 7.38. The number of rotatable bonds is 7. The van der Waals surface area contributed by atoms with Gasteiger partial charge in [-0.1, -0.05) is 6.92 Å². The Morgan fingerprint density at radius 1 is 1.32 bits per heavy atom. The first-order chi connectivity index (χ1) is 9.02. The van der Waals surface area contributed by atoms with E-state index >= 15 is 0 Å². The second-order valence-electron chi connectivity index (χ2n) is 4.09. The van der Waals surface area contributed by atoms with E-state index in [1.165, 1.54) is 0 Å². The highest BCUT2D eigenvalue weighted by Gasteiger charge is 2.10. The maximum Gasteiger partial charge on any atom is 0.241 e. The Hall–Kier alpha value is -2.08. The number of carbonyl (C=O) groups excluding carboxylic acids is 2. The van der Waals surface area contributed by atoms with Crippen molar-refractivity contribution < 1.29 is 14.3 Å². The minimum Gasteiger partial charge on any atom is -0.493 e. The second-order valence-corrected chi connectivity index (χ2v) is 4.09. The van der Waals surface area contributed by atoms with Crippen molar-refractivity contribution in [2.75, 3.05) is 11.9 Å². The van der Waals surface area contributed by atoms with Crippen molar-refractivity contribution in [1.82, 2.24) is 0 Å². The van der Waals surface area contributed by atoms with E-state index in [4.69, 9.17) is 16.2 Å². The van der Waals surface area contributed by atoms with E-state index in [2.05, 4.69) is 5.32 Å². The lowest BCUT2D eigenvalue weighted by Gasteiger charge is -2.10. The minimum absolute atomic E-state index is 0.170. The number of nitrogens with two attached hydrogens (primary N) is 2. The van der Waals surface area contributed by atoms with Gasteiger partial charge in [0.2, 0.25) is 11.8 Å². The first-order valence-corrected chi connectivity index (χ1v) is 6.10. The average Bonchev–Trinajstić information content (AvgIpc) is 2.39. The molecule has 6 heteroatoms. The van der Waals surface area contributed by atoms with Gasteiger partial charge in [-0.2, -0.15) is 0 Å². The van der Waals surface area contributed by atoms with Crippen molar-refractivity contribution in [1.29, 1.82) is 0 Å². The van der Waals surface area contributed by atoms with Crippen molar-refractivity contribution in [3.8, 4) is 5.75 Å². The molecule has 0 aromatic heterocycles. The summed E-state index contributed by atoms with van der Waals surface area (Å²) in [5, 5.41) is 2.70. The molecular formula is C13H19N3O3. The van der Waals surface area contributed by atoms with Crippen LogP contribution in [0.2, 0.25) is 0 Å². The summed E-state index contributed by atoms with van der Waals surface area (Å²) in [6.45, 7) is 2.08. The molecule has 0 spiro atoms. The quantitative estimate of drug-likeness (QED) is 0.671. The topological polar surface area (TPSA) is 107 Å². The molecule has 5 N–H and O–H groups in total. The van der Waals surface area contributed by atoms with Gasteiger partial charge in [-0.05, 0) is 30.7 Å². The highest BCUT2D eigenvalue weighted by atomic mass is 16.5. The first kappa shape index (κ1) is 15.0. The molecule has 0 fully saturated rings. The SMILES string of the molecule is CC[C@H](N)C(=O)Nc1ccc(OCCC(N)=O)cc1. The zero-order chi connectivity index (χ0) is 14.3.